The lowest BCUT2D eigenvalue weighted by Crippen LogP contribution is -2.45. The van der Waals surface area contributed by atoms with Gasteiger partial charge < -0.3 is 0 Å². The molecule has 24 heavy (non-hydrogen) atoms. The second-order valence-corrected chi connectivity index (χ2v) is 8.25. The van der Waals surface area contributed by atoms with E-state index in [1.807, 2.05) is 0 Å². The van der Waals surface area contributed by atoms with Crippen LogP contribution in [0.4, 0.5) is 13.2 Å². The zero-order chi connectivity index (χ0) is 17.2. The van der Waals surface area contributed by atoms with E-state index in [0.717, 1.165) is 36.8 Å². The Kier molecular flexibility index (Phi) is 5.77. The van der Waals surface area contributed by atoms with Crippen molar-refractivity contribution in [2.45, 2.75) is 83.0 Å². The van der Waals surface area contributed by atoms with Gasteiger partial charge in [-0.2, -0.15) is 0 Å². The number of halogens is 3. The lowest BCUT2D eigenvalue weighted by atomic mass is 9.65. The molecule has 3 rings (SSSR count). The van der Waals surface area contributed by atoms with Crippen LogP contribution in [0.3, 0.4) is 0 Å². The molecule has 0 bridgehead atoms. The molecule has 0 N–H and O–H groups in total. The van der Waals surface area contributed by atoms with E-state index in [9.17, 15) is 8.78 Å². The number of hydrogen-bond donors (Lipinski definition) is 0. The van der Waals surface area contributed by atoms with Crippen LogP contribution >= 0.6 is 0 Å². The maximum absolute atomic E-state index is 15.1. The van der Waals surface area contributed by atoms with Crippen molar-refractivity contribution in [3.8, 4) is 0 Å². The van der Waals surface area contributed by atoms with E-state index in [1.165, 1.54) is 44.6 Å². The minimum atomic E-state index is -2.42. The first kappa shape index (κ1) is 18.1. The molecule has 0 aromatic heterocycles. The molecule has 3 aliphatic carbocycles. The Hall–Kier alpha value is -0.730. The molecular weight excluding hydrogens is 309 g/mol. The highest BCUT2D eigenvalue weighted by Gasteiger charge is 2.51. The molecule has 2 unspecified atom stereocenters. The molecule has 0 aromatic carbocycles. The van der Waals surface area contributed by atoms with E-state index in [2.05, 4.69) is 6.92 Å². The van der Waals surface area contributed by atoms with E-state index in [-0.39, 0.29) is 0 Å². The molecule has 0 aliphatic heterocycles. The summed E-state index contributed by atoms with van der Waals surface area (Å²) < 4.78 is 43.2. The predicted molar refractivity (Wildman–Crippen MR) is 92.9 cm³/mol. The fraction of sp³-hybridized carbons (Fsp3) is 0.810. The standard InChI is InChI=1S/C21H31F3/c1-2-4-15-7-9-16(10-8-15)17-11-13-18(14-12-17)21(24)19(22)5-3-6-20(21)23/h3,5-6,15-19H,2,4,7-14H2,1H3/t15-,16-,17?,18?,19?,21?. The molecule has 2 atom stereocenters. The molecule has 3 aliphatic rings. The Morgan fingerprint density at radius 3 is 2.12 bits per heavy atom. The number of hydrogen-bond acceptors (Lipinski definition) is 0. The second kappa shape index (κ2) is 7.66. The van der Waals surface area contributed by atoms with Gasteiger partial charge in [0.2, 0.25) is 0 Å². The average molecular weight is 340 g/mol. The highest BCUT2D eigenvalue weighted by Crippen LogP contribution is 2.49. The molecule has 3 heteroatoms. The van der Waals surface area contributed by atoms with E-state index in [4.69, 9.17) is 0 Å². The molecule has 0 nitrogen and oxygen atoms in total. The van der Waals surface area contributed by atoms with Crippen LogP contribution in [-0.2, 0) is 0 Å². The molecule has 0 amide bonds. The zero-order valence-electron chi connectivity index (χ0n) is 14.8. The normalized spacial score (nSPS) is 43.5. The first-order valence-corrected chi connectivity index (χ1v) is 9.93. The van der Waals surface area contributed by atoms with Crippen LogP contribution < -0.4 is 0 Å². The molecular formula is C21H31F3. The third kappa shape index (κ3) is 3.46. The van der Waals surface area contributed by atoms with Crippen molar-refractivity contribution in [1.29, 1.82) is 0 Å². The van der Waals surface area contributed by atoms with Crippen molar-refractivity contribution < 1.29 is 13.2 Å². The van der Waals surface area contributed by atoms with Crippen molar-refractivity contribution >= 4 is 0 Å². The van der Waals surface area contributed by atoms with E-state index in [0.29, 0.717) is 18.8 Å². The highest BCUT2D eigenvalue weighted by molar-refractivity contribution is 5.29. The molecule has 2 saturated carbocycles. The van der Waals surface area contributed by atoms with E-state index < -0.39 is 23.6 Å². The minimum absolute atomic E-state index is 0.513. The quantitative estimate of drug-likeness (QED) is 0.524. The van der Waals surface area contributed by atoms with Gasteiger partial charge in [0, 0.05) is 5.92 Å². The van der Waals surface area contributed by atoms with Gasteiger partial charge in [-0.1, -0.05) is 38.7 Å². The van der Waals surface area contributed by atoms with Crippen molar-refractivity contribution in [2.75, 3.05) is 0 Å². The maximum atomic E-state index is 15.1. The summed E-state index contributed by atoms with van der Waals surface area (Å²) in [4.78, 5) is 0. The summed E-state index contributed by atoms with van der Waals surface area (Å²) in [5, 5.41) is 0. The van der Waals surface area contributed by atoms with Crippen LogP contribution in [0.5, 0.6) is 0 Å². The number of allylic oxidation sites excluding steroid dienone is 4. The maximum Gasteiger partial charge on any atom is 0.199 e. The monoisotopic (exact) mass is 340 g/mol. The molecule has 2 fully saturated rings. The summed E-state index contributed by atoms with van der Waals surface area (Å²) >= 11 is 0. The van der Waals surface area contributed by atoms with Gasteiger partial charge >= 0.3 is 0 Å². The smallest absolute Gasteiger partial charge is 0.199 e. The van der Waals surface area contributed by atoms with Gasteiger partial charge in [-0.25, -0.2) is 13.2 Å². The minimum Gasteiger partial charge on any atom is -0.239 e. The summed E-state index contributed by atoms with van der Waals surface area (Å²) in [6, 6.07) is 0. The Balaban J connectivity index is 1.53. The first-order chi connectivity index (χ1) is 11.6. The van der Waals surface area contributed by atoms with Crippen molar-refractivity contribution in [3.63, 3.8) is 0 Å². The molecule has 0 spiro atoms. The summed E-state index contributed by atoms with van der Waals surface area (Å²) in [5.74, 6) is 0.860. The summed E-state index contributed by atoms with van der Waals surface area (Å²) in [6.45, 7) is 2.26. The topological polar surface area (TPSA) is 0 Å². The van der Waals surface area contributed by atoms with Crippen LogP contribution in [-0.4, -0.2) is 11.8 Å². The number of alkyl halides is 2. The lowest BCUT2D eigenvalue weighted by molar-refractivity contribution is -0.00256. The largest absolute Gasteiger partial charge is 0.239 e. The van der Waals surface area contributed by atoms with Crippen LogP contribution in [0.15, 0.2) is 24.1 Å². The molecule has 0 saturated heterocycles. The van der Waals surface area contributed by atoms with Gasteiger partial charge in [-0.05, 0) is 68.4 Å². The molecule has 0 radical (unpaired) electrons. The Morgan fingerprint density at radius 2 is 1.58 bits per heavy atom. The van der Waals surface area contributed by atoms with Gasteiger partial charge in [0.25, 0.3) is 0 Å². The van der Waals surface area contributed by atoms with Gasteiger partial charge in [0.15, 0.2) is 11.8 Å². The Bertz CT molecular complexity index is 467. The Labute approximate surface area is 144 Å². The van der Waals surface area contributed by atoms with Crippen LogP contribution in [0.25, 0.3) is 0 Å². The van der Waals surface area contributed by atoms with Crippen LogP contribution in [0.1, 0.15) is 71.1 Å². The summed E-state index contributed by atoms with van der Waals surface area (Å²) in [7, 11) is 0. The molecule has 0 heterocycles. The average Bonchev–Trinajstić information content (AvgIpc) is 2.61. The van der Waals surface area contributed by atoms with Gasteiger partial charge in [-0.3, -0.25) is 0 Å². The SMILES string of the molecule is CCC[C@H]1CC[C@H](C2CCC(C3(F)C(F)=CC=CC3F)CC2)CC1. The predicted octanol–water partition coefficient (Wildman–Crippen LogP) is 6.87. The molecule has 136 valence electrons. The van der Waals surface area contributed by atoms with Crippen molar-refractivity contribution in [3.05, 3.63) is 24.1 Å². The van der Waals surface area contributed by atoms with Crippen LogP contribution in [0, 0.1) is 23.7 Å². The fourth-order valence-electron chi connectivity index (χ4n) is 5.42. The van der Waals surface area contributed by atoms with Gasteiger partial charge in [0.1, 0.15) is 5.83 Å². The highest BCUT2D eigenvalue weighted by atomic mass is 19.2. The number of rotatable bonds is 4. The summed E-state index contributed by atoms with van der Waals surface area (Å²) in [5.41, 5.74) is -2.42. The van der Waals surface area contributed by atoms with Gasteiger partial charge in [0.05, 0.1) is 0 Å². The zero-order valence-corrected chi connectivity index (χ0v) is 14.8. The van der Waals surface area contributed by atoms with E-state index in [1.54, 1.807) is 0 Å². The first-order valence-electron chi connectivity index (χ1n) is 9.93. The lowest BCUT2D eigenvalue weighted by Gasteiger charge is -2.42. The fourth-order valence-corrected chi connectivity index (χ4v) is 5.42. The van der Waals surface area contributed by atoms with Crippen molar-refractivity contribution in [2.24, 2.45) is 23.7 Å². The van der Waals surface area contributed by atoms with Gasteiger partial charge in [-0.15, -0.1) is 0 Å². The molecule has 0 aromatic rings. The third-order valence-corrected chi connectivity index (χ3v) is 6.91. The Morgan fingerprint density at radius 1 is 1.00 bits per heavy atom. The van der Waals surface area contributed by atoms with Crippen LogP contribution in [0.2, 0.25) is 0 Å². The van der Waals surface area contributed by atoms with Crippen molar-refractivity contribution in [1.82, 2.24) is 0 Å². The van der Waals surface area contributed by atoms with E-state index >= 15 is 4.39 Å². The third-order valence-electron chi connectivity index (χ3n) is 6.91. The summed E-state index contributed by atoms with van der Waals surface area (Å²) in [6.07, 6.45) is 12.7. The second-order valence-electron chi connectivity index (χ2n) is 8.25.